The van der Waals surface area contributed by atoms with Crippen LogP contribution >= 0.6 is 0 Å². The number of ether oxygens (including phenoxy) is 1. The summed E-state index contributed by atoms with van der Waals surface area (Å²) in [6, 6.07) is 4.77. The molecule has 0 spiro atoms. The zero-order valence-corrected chi connectivity index (χ0v) is 16.9. The summed E-state index contributed by atoms with van der Waals surface area (Å²) in [5.41, 5.74) is 1.77. The van der Waals surface area contributed by atoms with Crippen LogP contribution in [0.4, 0.5) is 17.3 Å². The van der Waals surface area contributed by atoms with Crippen LogP contribution in [-0.4, -0.2) is 52.0 Å². The Morgan fingerprint density at radius 1 is 1.17 bits per heavy atom. The number of aryl methyl sites for hydroxylation is 1. The van der Waals surface area contributed by atoms with Crippen LogP contribution in [0.3, 0.4) is 0 Å². The van der Waals surface area contributed by atoms with E-state index in [4.69, 9.17) is 4.74 Å². The third kappa shape index (κ3) is 3.98. The van der Waals surface area contributed by atoms with Gasteiger partial charge in [0, 0.05) is 56.3 Å². The van der Waals surface area contributed by atoms with E-state index in [0.29, 0.717) is 12.4 Å². The van der Waals surface area contributed by atoms with Crippen molar-refractivity contribution in [3.05, 3.63) is 30.7 Å². The molecule has 0 radical (unpaired) electrons. The number of fused-ring (bicyclic) bond motifs is 1. The summed E-state index contributed by atoms with van der Waals surface area (Å²) in [7, 11) is 1.92. The van der Waals surface area contributed by atoms with Crippen LogP contribution in [-0.2, 0) is 7.05 Å². The maximum Gasteiger partial charge on any atom is 0.149 e. The number of benzene rings is 1. The summed E-state index contributed by atoms with van der Waals surface area (Å²) >= 11 is 0. The van der Waals surface area contributed by atoms with Gasteiger partial charge in [-0.1, -0.05) is 0 Å². The molecule has 1 aliphatic heterocycles. The highest BCUT2D eigenvalue weighted by molar-refractivity contribution is 5.86. The Balaban J connectivity index is 1.25. The van der Waals surface area contributed by atoms with E-state index in [2.05, 4.69) is 30.6 Å². The Morgan fingerprint density at radius 2 is 2.03 bits per heavy atom. The van der Waals surface area contributed by atoms with Gasteiger partial charge in [-0.15, -0.1) is 0 Å². The monoisotopic (exact) mass is 393 g/mol. The molecule has 2 N–H and O–H groups in total. The molecule has 29 heavy (non-hydrogen) atoms. The van der Waals surface area contributed by atoms with E-state index in [9.17, 15) is 0 Å². The second-order valence-corrected chi connectivity index (χ2v) is 7.98. The lowest BCUT2D eigenvalue weighted by Crippen LogP contribution is -2.51. The van der Waals surface area contributed by atoms with Crippen molar-refractivity contribution >= 4 is 28.2 Å². The molecule has 2 aromatic heterocycles. The molecule has 1 aromatic carbocycles. The SMILES string of the molecule is CCOc1cc2nn(C)cc2cc1Nc1cnc(N2CC(CNC3CC3)C2)cn1. The van der Waals surface area contributed by atoms with Gasteiger partial charge >= 0.3 is 0 Å². The quantitative estimate of drug-likeness (QED) is 0.609. The number of hydrogen-bond acceptors (Lipinski definition) is 7. The van der Waals surface area contributed by atoms with Crippen molar-refractivity contribution in [3.8, 4) is 5.75 Å². The van der Waals surface area contributed by atoms with Gasteiger partial charge in [-0.2, -0.15) is 5.10 Å². The van der Waals surface area contributed by atoms with E-state index in [-0.39, 0.29) is 0 Å². The molecule has 0 amide bonds. The van der Waals surface area contributed by atoms with E-state index >= 15 is 0 Å². The van der Waals surface area contributed by atoms with E-state index in [0.717, 1.165) is 59.8 Å². The number of anilines is 3. The predicted octanol–water partition coefficient (Wildman–Crippen LogP) is 2.69. The van der Waals surface area contributed by atoms with Crippen molar-refractivity contribution in [1.82, 2.24) is 25.1 Å². The van der Waals surface area contributed by atoms with Gasteiger partial charge in [0.25, 0.3) is 0 Å². The van der Waals surface area contributed by atoms with Crippen LogP contribution in [0.15, 0.2) is 30.7 Å². The zero-order chi connectivity index (χ0) is 19.8. The van der Waals surface area contributed by atoms with Crippen molar-refractivity contribution in [3.63, 3.8) is 0 Å². The second-order valence-electron chi connectivity index (χ2n) is 7.98. The molecule has 1 saturated heterocycles. The van der Waals surface area contributed by atoms with Crippen molar-refractivity contribution in [2.24, 2.45) is 13.0 Å². The summed E-state index contributed by atoms with van der Waals surface area (Å²) in [6.45, 7) is 5.77. The maximum absolute atomic E-state index is 5.80. The minimum absolute atomic E-state index is 0.587. The second kappa shape index (κ2) is 7.51. The number of rotatable bonds is 8. The molecule has 152 valence electrons. The smallest absolute Gasteiger partial charge is 0.149 e. The fourth-order valence-corrected chi connectivity index (χ4v) is 3.74. The van der Waals surface area contributed by atoms with Gasteiger partial charge in [-0.05, 0) is 25.8 Å². The Hall–Kier alpha value is -2.87. The Labute approximate surface area is 170 Å². The molecule has 8 nitrogen and oxygen atoms in total. The van der Waals surface area contributed by atoms with E-state index in [1.807, 2.05) is 38.5 Å². The molecule has 0 bridgehead atoms. The van der Waals surface area contributed by atoms with E-state index in [1.54, 1.807) is 10.9 Å². The van der Waals surface area contributed by atoms with Crippen molar-refractivity contribution in [2.45, 2.75) is 25.8 Å². The van der Waals surface area contributed by atoms with E-state index in [1.165, 1.54) is 12.8 Å². The first-order valence-corrected chi connectivity index (χ1v) is 10.4. The van der Waals surface area contributed by atoms with Crippen LogP contribution in [0.1, 0.15) is 19.8 Å². The fraction of sp³-hybridized carbons (Fsp3) is 0.476. The largest absolute Gasteiger partial charge is 0.492 e. The summed E-state index contributed by atoms with van der Waals surface area (Å²) in [6.07, 6.45) is 8.30. The summed E-state index contributed by atoms with van der Waals surface area (Å²) in [5.74, 6) is 3.12. The summed E-state index contributed by atoms with van der Waals surface area (Å²) in [5, 5.41) is 12.5. The average Bonchev–Trinajstić information content (AvgIpc) is 3.43. The number of aromatic nitrogens is 4. The first-order valence-electron chi connectivity index (χ1n) is 10.4. The molecule has 0 unspecified atom stereocenters. The van der Waals surface area contributed by atoms with Gasteiger partial charge in [0.15, 0.2) is 0 Å². The molecule has 1 saturated carbocycles. The zero-order valence-electron chi connectivity index (χ0n) is 16.9. The normalized spacial score (nSPS) is 16.8. The van der Waals surface area contributed by atoms with Crippen LogP contribution in [0.25, 0.3) is 10.9 Å². The van der Waals surface area contributed by atoms with Crippen LogP contribution in [0.5, 0.6) is 5.75 Å². The lowest BCUT2D eigenvalue weighted by Gasteiger charge is -2.40. The standard InChI is InChI=1S/C21H27N7O/c1-3-29-19-7-17-15(13-27(2)26-17)6-18(19)25-20-9-24-21(10-23-20)28-11-14(12-28)8-22-16-4-5-16/h6-7,9-10,13-14,16,22H,3-5,8,11-12H2,1-2H3,(H,23,25). The minimum Gasteiger partial charge on any atom is -0.492 e. The highest BCUT2D eigenvalue weighted by atomic mass is 16.5. The number of nitrogens with one attached hydrogen (secondary N) is 2. The molecule has 3 aromatic rings. The van der Waals surface area contributed by atoms with Gasteiger partial charge in [0.05, 0.1) is 30.2 Å². The average molecular weight is 393 g/mol. The molecule has 3 heterocycles. The molecule has 8 heteroatoms. The molecule has 2 aliphatic rings. The molecular weight excluding hydrogens is 366 g/mol. The van der Waals surface area contributed by atoms with Crippen LogP contribution < -0.4 is 20.3 Å². The molecular formula is C21H27N7O. The Kier molecular flexibility index (Phi) is 4.71. The van der Waals surface area contributed by atoms with Gasteiger partial charge in [-0.3, -0.25) is 4.68 Å². The molecule has 5 rings (SSSR count). The maximum atomic E-state index is 5.80. The van der Waals surface area contributed by atoms with Crippen molar-refractivity contribution in [1.29, 1.82) is 0 Å². The van der Waals surface area contributed by atoms with Crippen LogP contribution in [0, 0.1) is 5.92 Å². The fourth-order valence-electron chi connectivity index (χ4n) is 3.74. The van der Waals surface area contributed by atoms with Crippen molar-refractivity contribution < 1.29 is 4.74 Å². The summed E-state index contributed by atoms with van der Waals surface area (Å²) in [4.78, 5) is 11.5. The third-order valence-electron chi connectivity index (χ3n) is 5.47. The Bertz CT molecular complexity index is 990. The van der Waals surface area contributed by atoms with Gasteiger partial charge in [0.2, 0.25) is 0 Å². The first-order chi connectivity index (χ1) is 14.2. The predicted molar refractivity (Wildman–Crippen MR) is 114 cm³/mol. The lowest BCUT2D eigenvalue weighted by atomic mass is 10.0. The van der Waals surface area contributed by atoms with Crippen molar-refractivity contribution in [2.75, 3.05) is 36.5 Å². The highest BCUT2D eigenvalue weighted by Crippen LogP contribution is 2.32. The van der Waals surface area contributed by atoms with Gasteiger partial charge < -0.3 is 20.3 Å². The summed E-state index contributed by atoms with van der Waals surface area (Å²) < 4.78 is 7.60. The van der Waals surface area contributed by atoms with Gasteiger partial charge in [0.1, 0.15) is 17.4 Å². The topological polar surface area (TPSA) is 80.1 Å². The molecule has 2 fully saturated rings. The van der Waals surface area contributed by atoms with Gasteiger partial charge in [-0.25, -0.2) is 9.97 Å². The lowest BCUT2D eigenvalue weighted by molar-refractivity contribution is 0.342. The molecule has 1 aliphatic carbocycles. The minimum atomic E-state index is 0.587. The first kappa shape index (κ1) is 18.2. The van der Waals surface area contributed by atoms with E-state index < -0.39 is 0 Å². The van der Waals surface area contributed by atoms with Crippen LogP contribution in [0.2, 0.25) is 0 Å². The number of nitrogens with zero attached hydrogens (tertiary/aromatic N) is 5. The molecule has 0 atom stereocenters. The third-order valence-corrected chi connectivity index (χ3v) is 5.47. The number of hydrogen-bond donors (Lipinski definition) is 2. The highest BCUT2D eigenvalue weighted by Gasteiger charge is 2.30. The Morgan fingerprint density at radius 3 is 2.76 bits per heavy atom.